The molecular formula is C37H43N9O6. The van der Waals surface area contributed by atoms with Crippen molar-refractivity contribution in [2.75, 3.05) is 6.54 Å². The lowest BCUT2D eigenvalue weighted by atomic mass is 10.0. The van der Waals surface area contributed by atoms with E-state index in [1.54, 1.807) is 24.5 Å². The summed E-state index contributed by atoms with van der Waals surface area (Å²) in [6.45, 7) is 0.275. The molecule has 0 spiro atoms. The van der Waals surface area contributed by atoms with Gasteiger partial charge in [0.1, 0.15) is 23.9 Å². The van der Waals surface area contributed by atoms with Crippen LogP contribution >= 0.6 is 0 Å². The van der Waals surface area contributed by atoms with Crippen LogP contribution in [0.1, 0.15) is 29.5 Å². The molecule has 0 bridgehead atoms. The number of phenolic OH excluding ortho intramolecular Hbond substituents is 1. The first-order valence-electron chi connectivity index (χ1n) is 16.8. The van der Waals surface area contributed by atoms with Crippen molar-refractivity contribution in [3.8, 4) is 5.75 Å². The van der Waals surface area contributed by atoms with Crippen LogP contribution in [0, 0.1) is 0 Å². The molecule has 0 fully saturated rings. The summed E-state index contributed by atoms with van der Waals surface area (Å²) in [4.78, 5) is 64.1. The van der Waals surface area contributed by atoms with E-state index in [0.29, 0.717) is 17.5 Å². The highest BCUT2D eigenvalue weighted by Crippen LogP contribution is 2.21. The standard InChI is InChI=1S/C37H43N9O6/c38-27(8-5-15-41-37(39)40)33(48)44-30(17-22-19-42-28-9-3-1-6-25(22)28)34(49)45-31(18-23-20-43-29-10-4-2-7-26(23)29)35(50)46-32(36(51)52)16-21-11-13-24(47)14-12-21/h1-4,6-7,9-14,19-20,27,30-32,42-43,47H,5,8,15-18,38H2,(H,44,48)(H,45,49)(H,46,50)(H,51,52)(H4,39,40,41). The molecule has 15 nitrogen and oxygen atoms in total. The molecule has 5 aromatic rings. The lowest BCUT2D eigenvalue weighted by Gasteiger charge is -2.25. The van der Waals surface area contributed by atoms with Crippen LogP contribution < -0.4 is 33.2 Å². The predicted octanol–water partition coefficient (Wildman–Crippen LogP) is 1.30. The normalized spacial score (nSPS) is 13.5. The van der Waals surface area contributed by atoms with Crippen molar-refractivity contribution in [3.05, 3.63) is 102 Å². The van der Waals surface area contributed by atoms with Gasteiger partial charge in [0, 0.05) is 60.0 Å². The Kier molecular flexibility index (Phi) is 12.1. The molecule has 13 N–H and O–H groups in total. The number of aromatic amines is 2. The number of hydrogen-bond donors (Lipinski definition) is 10. The Morgan fingerprint density at radius 3 is 1.71 bits per heavy atom. The molecular weight excluding hydrogens is 666 g/mol. The second-order valence-corrected chi connectivity index (χ2v) is 12.6. The lowest BCUT2D eigenvalue weighted by molar-refractivity contribution is -0.142. The van der Waals surface area contributed by atoms with Gasteiger partial charge in [-0.3, -0.25) is 19.4 Å². The van der Waals surface area contributed by atoms with Crippen molar-refractivity contribution in [1.82, 2.24) is 25.9 Å². The van der Waals surface area contributed by atoms with Crippen molar-refractivity contribution in [2.45, 2.75) is 56.3 Å². The zero-order valence-electron chi connectivity index (χ0n) is 28.3. The molecule has 0 saturated heterocycles. The smallest absolute Gasteiger partial charge is 0.326 e. The number of fused-ring (bicyclic) bond motifs is 2. The second kappa shape index (κ2) is 17.0. The number of carboxylic acid groups (broad SMARTS) is 1. The van der Waals surface area contributed by atoms with Crippen LogP contribution in [-0.2, 0) is 38.4 Å². The first-order chi connectivity index (χ1) is 25.0. The Labute approximate surface area is 299 Å². The summed E-state index contributed by atoms with van der Waals surface area (Å²) < 4.78 is 0. The largest absolute Gasteiger partial charge is 0.508 e. The number of guanidine groups is 1. The van der Waals surface area contributed by atoms with Crippen molar-refractivity contribution in [3.63, 3.8) is 0 Å². The number of hydrogen-bond acceptors (Lipinski definition) is 7. The number of nitrogens with one attached hydrogen (secondary N) is 5. The minimum atomic E-state index is -1.35. The van der Waals surface area contributed by atoms with E-state index in [0.717, 1.165) is 27.4 Å². The Morgan fingerprint density at radius 2 is 1.19 bits per heavy atom. The van der Waals surface area contributed by atoms with E-state index in [9.17, 15) is 29.4 Å². The Morgan fingerprint density at radius 1 is 0.692 bits per heavy atom. The van der Waals surface area contributed by atoms with Crippen LogP contribution in [0.4, 0.5) is 0 Å². The molecule has 0 radical (unpaired) electrons. The summed E-state index contributed by atoms with van der Waals surface area (Å²) in [6, 6.07) is 16.2. The van der Waals surface area contributed by atoms with E-state index in [-0.39, 0.29) is 43.9 Å². The number of carboxylic acids is 1. The molecule has 52 heavy (non-hydrogen) atoms. The molecule has 15 heteroatoms. The van der Waals surface area contributed by atoms with Gasteiger partial charge in [-0.15, -0.1) is 0 Å². The van der Waals surface area contributed by atoms with Crippen molar-refractivity contribution in [2.24, 2.45) is 22.2 Å². The summed E-state index contributed by atoms with van der Waals surface area (Å²) in [5.41, 5.74) is 20.6. The van der Waals surface area contributed by atoms with Crippen molar-refractivity contribution >= 4 is 51.5 Å². The SMILES string of the molecule is NC(N)=NCCCC(N)C(=O)NC(Cc1c[nH]c2ccccc12)C(=O)NC(Cc1c[nH]c2ccccc12)C(=O)NC(Cc1ccc(O)cc1)C(=O)O. The number of nitrogens with two attached hydrogens (primary N) is 3. The number of rotatable bonds is 17. The monoisotopic (exact) mass is 709 g/mol. The minimum absolute atomic E-state index is 0.00515. The molecule has 272 valence electrons. The Hall–Kier alpha value is -6.35. The number of para-hydroxylation sites is 2. The lowest BCUT2D eigenvalue weighted by Crippen LogP contribution is -2.58. The molecule has 4 unspecified atom stereocenters. The number of carbonyl (C=O) groups excluding carboxylic acids is 3. The highest BCUT2D eigenvalue weighted by Gasteiger charge is 2.32. The van der Waals surface area contributed by atoms with Gasteiger partial charge >= 0.3 is 5.97 Å². The maximum atomic E-state index is 14.2. The van der Waals surface area contributed by atoms with E-state index < -0.39 is 47.9 Å². The van der Waals surface area contributed by atoms with Crippen LogP contribution in [0.2, 0.25) is 0 Å². The maximum absolute atomic E-state index is 14.2. The number of aromatic hydroxyl groups is 1. The average Bonchev–Trinajstić information content (AvgIpc) is 3.73. The summed E-state index contributed by atoms with van der Waals surface area (Å²) in [6.07, 6.45) is 4.14. The van der Waals surface area contributed by atoms with Gasteiger partial charge in [-0.05, 0) is 53.8 Å². The number of H-pyrrole nitrogens is 2. The van der Waals surface area contributed by atoms with Crippen LogP contribution in [-0.4, -0.2) is 80.5 Å². The Balaban J connectivity index is 1.41. The van der Waals surface area contributed by atoms with E-state index in [4.69, 9.17) is 17.2 Å². The maximum Gasteiger partial charge on any atom is 0.326 e. The van der Waals surface area contributed by atoms with Crippen molar-refractivity contribution in [1.29, 1.82) is 0 Å². The summed E-state index contributed by atoms with van der Waals surface area (Å²) >= 11 is 0. The zero-order valence-corrected chi connectivity index (χ0v) is 28.3. The van der Waals surface area contributed by atoms with Gasteiger partial charge in [-0.2, -0.15) is 0 Å². The van der Waals surface area contributed by atoms with Gasteiger partial charge < -0.3 is 53.3 Å². The molecule has 0 saturated carbocycles. The number of benzene rings is 3. The number of carbonyl (C=O) groups is 4. The molecule has 0 aliphatic rings. The van der Waals surface area contributed by atoms with Gasteiger partial charge in [-0.25, -0.2) is 4.79 Å². The quantitative estimate of drug-likeness (QED) is 0.0378. The summed E-state index contributed by atoms with van der Waals surface area (Å²) in [5, 5.41) is 29.5. The summed E-state index contributed by atoms with van der Waals surface area (Å²) in [5.74, 6) is -3.33. The van der Waals surface area contributed by atoms with Gasteiger partial charge in [0.15, 0.2) is 5.96 Å². The van der Waals surface area contributed by atoms with Gasteiger partial charge in [0.25, 0.3) is 0 Å². The third-order valence-corrected chi connectivity index (χ3v) is 8.76. The highest BCUT2D eigenvalue weighted by atomic mass is 16.4. The van der Waals surface area contributed by atoms with Gasteiger partial charge in [0.05, 0.1) is 6.04 Å². The third-order valence-electron chi connectivity index (χ3n) is 8.76. The number of phenols is 1. The second-order valence-electron chi connectivity index (χ2n) is 12.6. The number of aromatic nitrogens is 2. The molecule has 0 aliphatic carbocycles. The van der Waals surface area contributed by atoms with E-state index in [1.807, 2.05) is 48.5 Å². The highest BCUT2D eigenvalue weighted by molar-refractivity contribution is 5.95. The number of aliphatic carboxylic acids is 1. The Bertz CT molecular complexity index is 2050. The van der Waals surface area contributed by atoms with E-state index in [2.05, 4.69) is 30.9 Å². The first-order valence-corrected chi connectivity index (χ1v) is 16.8. The van der Waals surface area contributed by atoms with Crippen LogP contribution in [0.15, 0.2) is 90.2 Å². The summed E-state index contributed by atoms with van der Waals surface area (Å²) in [7, 11) is 0. The molecule has 3 amide bonds. The third kappa shape index (κ3) is 9.66. The van der Waals surface area contributed by atoms with Gasteiger partial charge in [0.2, 0.25) is 17.7 Å². The molecule has 4 atom stereocenters. The first kappa shape index (κ1) is 36.9. The predicted molar refractivity (Wildman–Crippen MR) is 197 cm³/mol. The fourth-order valence-corrected chi connectivity index (χ4v) is 6.00. The van der Waals surface area contributed by atoms with Crippen LogP contribution in [0.5, 0.6) is 5.75 Å². The molecule has 2 aromatic heterocycles. The molecule has 2 heterocycles. The molecule has 0 aliphatic heterocycles. The van der Waals surface area contributed by atoms with Crippen molar-refractivity contribution < 1.29 is 29.4 Å². The molecule has 3 aromatic carbocycles. The fourth-order valence-electron chi connectivity index (χ4n) is 6.00. The minimum Gasteiger partial charge on any atom is -0.508 e. The number of nitrogens with zero attached hydrogens (tertiary/aromatic N) is 1. The van der Waals surface area contributed by atoms with E-state index in [1.165, 1.54) is 12.1 Å². The molecule has 5 rings (SSSR count). The average molecular weight is 710 g/mol. The van der Waals surface area contributed by atoms with Crippen LogP contribution in [0.25, 0.3) is 21.8 Å². The zero-order chi connectivity index (χ0) is 37.2. The number of aliphatic imine (C=N–C) groups is 1. The van der Waals surface area contributed by atoms with E-state index >= 15 is 0 Å². The topological polar surface area (TPSA) is 267 Å². The van der Waals surface area contributed by atoms with Crippen LogP contribution in [0.3, 0.4) is 0 Å². The fraction of sp³-hybridized carbons (Fsp3) is 0.270. The van der Waals surface area contributed by atoms with Gasteiger partial charge in [-0.1, -0.05) is 48.5 Å². The number of amides is 3.